The van der Waals surface area contributed by atoms with Gasteiger partial charge in [0, 0.05) is 11.6 Å². The standard InChI is InChI=1S/C15H23NO/c1-5-11(3)12(4)15(17)16-14-9-7-13(6-2)8-10-14/h7-12H,5-6H2,1-4H3,(H,16,17). The molecule has 1 N–H and O–H groups in total. The van der Waals surface area contributed by atoms with E-state index in [1.165, 1.54) is 5.56 Å². The Kier molecular flexibility index (Phi) is 5.20. The summed E-state index contributed by atoms with van der Waals surface area (Å²) in [4.78, 5) is 12.0. The maximum absolute atomic E-state index is 12.0. The zero-order chi connectivity index (χ0) is 12.8. The molecule has 0 bridgehead atoms. The van der Waals surface area contributed by atoms with Gasteiger partial charge in [0.2, 0.25) is 5.91 Å². The fourth-order valence-electron chi connectivity index (χ4n) is 1.69. The number of aryl methyl sites for hydroxylation is 1. The monoisotopic (exact) mass is 233 g/mol. The van der Waals surface area contributed by atoms with E-state index in [0.717, 1.165) is 18.5 Å². The summed E-state index contributed by atoms with van der Waals surface area (Å²) in [7, 11) is 0. The van der Waals surface area contributed by atoms with Crippen LogP contribution >= 0.6 is 0 Å². The molecule has 0 aromatic heterocycles. The highest BCUT2D eigenvalue weighted by molar-refractivity contribution is 5.92. The van der Waals surface area contributed by atoms with Crippen LogP contribution in [0.25, 0.3) is 0 Å². The van der Waals surface area contributed by atoms with Crippen molar-refractivity contribution in [3.63, 3.8) is 0 Å². The molecule has 2 nitrogen and oxygen atoms in total. The first-order valence-electron chi connectivity index (χ1n) is 6.48. The van der Waals surface area contributed by atoms with Crippen molar-refractivity contribution in [3.8, 4) is 0 Å². The van der Waals surface area contributed by atoms with Gasteiger partial charge in [0.1, 0.15) is 0 Å². The van der Waals surface area contributed by atoms with Crippen LogP contribution in [0.2, 0.25) is 0 Å². The van der Waals surface area contributed by atoms with Gasteiger partial charge in [-0.1, -0.05) is 46.2 Å². The number of carbonyl (C=O) groups is 1. The highest BCUT2D eigenvalue weighted by Gasteiger charge is 2.18. The van der Waals surface area contributed by atoms with Crippen molar-refractivity contribution in [2.24, 2.45) is 11.8 Å². The molecule has 94 valence electrons. The number of hydrogen-bond donors (Lipinski definition) is 1. The van der Waals surface area contributed by atoms with Crippen LogP contribution in [-0.4, -0.2) is 5.91 Å². The van der Waals surface area contributed by atoms with E-state index in [0.29, 0.717) is 5.92 Å². The van der Waals surface area contributed by atoms with E-state index in [4.69, 9.17) is 0 Å². The molecule has 2 atom stereocenters. The molecule has 0 saturated carbocycles. The Hall–Kier alpha value is -1.31. The van der Waals surface area contributed by atoms with Crippen LogP contribution in [-0.2, 0) is 11.2 Å². The molecule has 0 aliphatic rings. The molecule has 0 radical (unpaired) electrons. The van der Waals surface area contributed by atoms with Crippen molar-refractivity contribution >= 4 is 11.6 Å². The van der Waals surface area contributed by atoms with Gasteiger partial charge in [0.05, 0.1) is 0 Å². The number of hydrogen-bond acceptors (Lipinski definition) is 1. The molecule has 1 aromatic rings. The van der Waals surface area contributed by atoms with E-state index in [2.05, 4.69) is 38.2 Å². The van der Waals surface area contributed by atoms with E-state index in [1.54, 1.807) is 0 Å². The average molecular weight is 233 g/mol. The van der Waals surface area contributed by atoms with E-state index < -0.39 is 0 Å². The third-order valence-electron chi connectivity index (χ3n) is 3.54. The quantitative estimate of drug-likeness (QED) is 0.821. The Morgan fingerprint density at radius 3 is 2.24 bits per heavy atom. The van der Waals surface area contributed by atoms with Crippen LogP contribution in [0, 0.1) is 11.8 Å². The van der Waals surface area contributed by atoms with Crippen LogP contribution in [0.4, 0.5) is 5.69 Å². The predicted octanol–water partition coefficient (Wildman–Crippen LogP) is 3.87. The highest BCUT2D eigenvalue weighted by atomic mass is 16.1. The Morgan fingerprint density at radius 2 is 1.76 bits per heavy atom. The summed E-state index contributed by atoms with van der Waals surface area (Å²) in [6.07, 6.45) is 2.06. The van der Waals surface area contributed by atoms with Crippen molar-refractivity contribution in [1.82, 2.24) is 0 Å². The van der Waals surface area contributed by atoms with Crippen LogP contribution in [0.1, 0.15) is 39.7 Å². The Bertz CT molecular complexity index is 356. The Labute approximate surface area is 104 Å². The molecular formula is C15H23NO. The summed E-state index contributed by atoms with van der Waals surface area (Å²) in [5, 5.41) is 2.97. The summed E-state index contributed by atoms with van der Waals surface area (Å²) in [6.45, 7) is 8.34. The van der Waals surface area contributed by atoms with Gasteiger partial charge in [-0.25, -0.2) is 0 Å². The first-order chi connectivity index (χ1) is 8.08. The molecule has 17 heavy (non-hydrogen) atoms. The van der Waals surface area contributed by atoms with Gasteiger partial charge in [-0.05, 0) is 30.0 Å². The van der Waals surface area contributed by atoms with E-state index in [9.17, 15) is 4.79 Å². The highest BCUT2D eigenvalue weighted by Crippen LogP contribution is 2.17. The SMILES string of the molecule is CCc1ccc(NC(=O)C(C)C(C)CC)cc1. The Balaban J connectivity index is 2.61. The minimum Gasteiger partial charge on any atom is -0.326 e. The summed E-state index contributed by atoms with van der Waals surface area (Å²) >= 11 is 0. The summed E-state index contributed by atoms with van der Waals surface area (Å²) < 4.78 is 0. The predicted molar refractivity (Wildman–Crippen MR) is 73.1 cm³/mol. The number of rotatable bonds is 5. The van der Waals surface area contributed by atoms with Crippen molar-refractivity contribution in [2.45, 2.75) is 40.5 Å². The molecule has 0 spiro atoms. The molecule has 0 fully saturated rings. The maximum atomic E-state index is 12.0. The zero-order valence-electron chi connectivity index (χ0n) is 11.3. The van der Waals surface area contributed by atoms with Gasteiger partial charge in [-0.15, -0.1) is 0 Å². The Morgan fingerprint density at radius 1 is 1.18 bits per heavy atom. The molecular weight excluding hydrogens is 210 g/mol. The molecule has 2 heteroatoms. The molecule has 1 amide bonds. The summed E-state index contributed by atoms with van der Waals surface area (Å²) in [5.41, 5.74) is 2.18. The van der Waals surface area contributed by atoms with Gasteiger partial charge < -0.3 is 5.32 Å². The fourth-order valence-corrected chi connectivity index (χ4v) is 1.69. The lowest BCUT2D eigenvalue weighted by atomic mass is 9.93. The normalized spacial score (nSPS) is 14.1. The van der Waals surface area contributed by atoms with Crippen molar-refractivity contribution in [3.05, 3.63) is 29.8 Å². The van der Waals surface area contributed by atoms with Crippen molar-refractivity contribution in [2.75, 3.05) is 5.32 Å². The lowest BCUT2D eigenvalue weighted by Gasteiger charge is -2.17. The minimum atomic E-state index is 0.0610. The largest absolute Gasteiger partial charge is 0.326 e. The lowest BCUT2D eigenvalue weighted by Crippen LogP contribution is -2.25. The smallest absolute Gasteiger partial charge is 0.227 e. The van der Waals surface area contributed by atoms with Gasteiger partial charge in [-0.2, -0.15) is 0 Å². The molecule has 0 aliphatic carbocycles. The molecule has 0 heterocycles. The third-order valence-corrected chi connectivity index (χ3v) is 3.54. The minimum absolute atomic E-state index is 0.0610. The van der Waals surface area contributed by atoms with Crippen LogP contribution in [0.3, 0.4) is 0 Å². The van der Waals surface area contributed by atoms with E-state index in [-0.39, 0.29) is 11.8 Å². The van der Waals surface area contributed by atoms with Gasteiger partial charge in [0.15, 0.2) is 0 Å². The molecule has 1 aromatic carbocycles. The molecule has 1 rings (SSSR count). The van der Waals surface area contributed by atoms with E-state index >= 15 is 0 Å². The van der Waals surface area contributed by atoms with E-state index in [1.807, 2.05) is 19.1 Å². The maximum Gasteiger partial charge on any atom is 0.227 e. The second kappa shape index (κ2) is 6.43. The van der Waals surface area contributed by atoms with Crippen LogP contribution in [0.15, 0.2) is 24.3 Å². The van der Waals surface area contributed by atoms with Crippen LogP contribution < -0.4 is 5.32 Å². The number of anilines is 1. The van der Waals surface area contributed by atoms with Crippen molar-refractivity contribution in [1.29, 1.82) is 0 Å². The van der Waals surface area contributed by atoms with Gasteiger partial charge in [-0.3, -0.25) is 4.79 Å². The number of amides is 1. The number of nitrogens with one attached hydrogen (secondary N) is 1. The number of benzene rings is 1. The third kappa shape index (κ3) is 3.88. The summed E-state index contributed by atoms with van der Waals surface area (Å²) in [6, 6.07) is 8.06. The average Bonchev–Trinajstić information content (AvgIpc) is 2.37. The molecule has 0 aliphatic heterocycles. The second-order valence-electron chi connectivity index (χ2n) is 4.71. The van der Waals surface area contributed by atoms with Crippen molar-refractivity contribution < 1.29 is 4.79 Å². The summed E-state index contributed by atoms with van der Waals surface area (Å²) in [5.74, 6) is 0.597. The fraction of sp³-hybridized carbons (Fsp3) is 0.533. The molecule has 2 unspecified atom stereocenters. The zero-order valence-corrected chi connectivity index (χ0v) is 11.3. The number of carbonyl (C=O) groups excluding carboxylic acids is 1. The van der Waals surface area contributed by atoms with Gasteiger partial charge in [0.25, 0.3) is 0 Å². The van der Waals surface area contributed by atoms with Gasteiger partial charge >= 0.3 is 0 Å². The second-order valence-corrected chi connectivity index (χ2v) is 4.71. The first kappa shape index (κ1) is 13.8. The van der Waals surface area contributed by atoms with Crippen LogP contribution in [0.5, 0.6) is 0 Å². The molecule has 0 saturated heterocycles. The lowest BCUT2D eigenvalue weighted by molar-refractivity contribution is -0.120. The topological polar surface area (TPSA) is 29.1 Å². The first-order valence-corrected chi connectivity index (χ1v) is 6.48.